The first-order valence-corrected chi connectivity index (χ1v) is 8.23. The van der Waals surface area contributed by atoms with E-state index in [4.69, 9.17) is 23.2 Å². The largest absolute Gasteiger partial charge is 0.324 e. The molecule has 1 aromatic carbocycles. The van der Waals surface area contributed by atoms with Crippen molar-refractivity contribution < 1.29 is 9.69 Å². The number of quaternary nitrogens is 1. The average molecular weight is 330 g/mol. The van der Waals surface area contributed by atoms with E-state index in [9.17, 15) is 4.79 Å². The van der Waals surface area contributed by atoms with Gasteiger partial charge in [0.2, 0.25) is 0 Å². The van der Waals surface area contributed by atoms with Gasteiger partial charge in [-0.05, 0) is 31.5 Å². The molecule has 0 unspecified atom stereocenters. The fourth-order valence-electron chi connectivity index (χ4n) is 3.21. The molecule has 3 atom stereocenters. The number of halogens is 2. The fraction of sp³-hybridized carbons (Fsp3) is 0.562. The molecule has 5 heteroatoms. The Kier molecular flexibility index (Phi) is 5.53. The van der Waals surface area contributed by atoms with Crippen LogP contribution in [0.5, 0.6) is 0 Å². The summed E-state index contributed by atoms with van der Waals surface area (Å²) in [6, 6.07) is 5.00. The second-order valence-corrected chi connectivity index (χ2v) is 7.19. The van der Waals surface area contributed by atoms with Crippen LogP contribution in [-0.2, 0) is 4.79 Å². The van der Waals surface area contributed by atoms with E-state index < -0.39 is 0 Å². The minimum Gasteiger partial charge on any atom is -0.324 e. The van der Waals surface area contributed by atoms with Crippen LogP contribution in [0.1, 0.15) is 27.2 Å². The Hall–Kier alpha value is -0.770. The van der Waals surface area contributed by atoms with Crippen LogP contribution in [0.15, 0.2) is 18.2 Å². The van der Waals surface area contributed by atoms with Crippen LogP contribution in [0.4, 0.5) is 5.69 Å². The van der Waals surface area contributed by atoms with Gasteiger partial charge in [0.25, 0.3) is 5.91 Å². The smallest absolute Gasteiger partial charge is 0.282 e. The molecule has 1 aliphatic rings. The van der Waals surface area contributed by atoms with E-state index in [-0.39, 0.29) is 11.9 Å². The van der Waals surface area contributed by atoms with E-state index in [1.807, 2.05) is 6.92 Å². The molecule has 2 rings (SSSR count). The number of anilines is 1. The maximum Gasteiger partial charge on any atom is 0.282 e. The molecule has 1 aliphatic heterocycles. The Morgan fingerprint density at radius 2 is 1.90 bits per heavy atom. The molecule has 1 heterocycles. The van der Waals surface area contributed by atoms with Crippen molar-refractivity contribution >= 4 is 34.8 Å². The number of amides is 1. The van der Waals surface area contributed by atoms with Crippen molar-refractivity contribution in [1.29, 1.82) is 0 Å². The number of nitrogens with one attached hydrogen (secondary N) is 2. The summed E-state index contributed by atoms with van der Waals surface area (Å²) in [5.74, 6) is 1.32. The quantitative estimate of drug-likeness (QED) is 0.878. The van der Waals surface area contributed by atoms with Gasteiger partial charge >= 0.3 is 0 Å². The highest BCUT2D eigenvalue weighted by Crippen LogP contribution is 2.25. The molecule has 0 aliphatic carbocycles. The van der Waals surface area contributed by atoms with Crippen LogP contribution in [-0.4, -0.2) is 25.0 Å². The number of benzene rings is 1. The maximum atomic E-state index is 12.5. The SMILES string of the molecule is C[C@H]1C[C@H](C)C[NH+]([C@@H](C)C(=O)Nc2cc(Cl)ccc2Cl)C1. The van der Waals surface area contributed by atoms with Gasteiger partial charge in [0.15, 0.2) is 6.04 Å². The number of hydrogen-bond donors (Lipinski definition) is 2. The Balaban J connectivity index is 2.04. The van der Waals surface area contributed by atoms with Crippen LogP contribution in [0.25, 0.3) is 0 Å². The summed E-state index contributed by atoms with van der Waals surface area (Å²) in [5, 5.41) is 3.98. The molecule has 0 radical (unpaired) electrons. The summed E-state index contributed by atoms with van der Waals surface area (Å²) >= 11 is 12.0. The van der Waals surface area contributed by atoms with Gasteiger partial charge in [-0.15, -0.1) is 0 Å². The molecule has 0 saturated carbocycles. The molecule has 1 fully saturated rings. The predicted octanol–water partition coefficient (Wildman–Crippen LogP) is 2.88. The Morgan fingerprint density at radius 1 is 1.29 bits per heavy atom. The number of carbonyl (C=O) groups is 1. The molecule has 1 amide bonds. The first-order chi connectivity index (χ1) is 9.86. The summed E-state index contributed by atoms with van der Waals surface area (Å²) in [6.07, 6.45) is 1.25. The standard InChI is InChI=1S/C16H22Cl2N2O/c1-10-6-11(2)9-20(8-10)12(3)16(21)19-15-7-13(17)4-5-14(15)18/h4-5,7,10-12H,6,8-9H2,1-3H3,(H,19,21)/p+1/t10-,11-,12-/m0/s1. The fourth-order valence-corrected chi connectivity index (χ4v) is 3.54. The Morgan fingerprint density at radius 3 is 2.52 bits per heavy atom. The van der Waals surface area contributed by atoms with Crippen molar-refractivity contribution in [1.82, 2.24) is 0 Å². The summed E-state index contributed by atoms with van der Waals surface area (Å²) in [5.41, 5.74) is 0.582. The minimum absolute atomic E-state index is 0.00420. The average Bonchev–Trinajstić information content (AvgIpc) is 2.41. The second kappa shape index (κ2) is 6.99. The highest BCUT2D eigenvalue weighted by atomic mass is 35.5. The third-order valence-corrected chi connectivity index (χ3v) is 4.78. The van der Waals surface area contributed by atoms with Gasteiger partial charge < -0.3 is 10.2 Å². The lowest BCUT2D eigenvalue weighted by atomic mass is 9.91. The lowest BCUT2D eigenvalue weighted by Crippen LogP contribution is -3.18. The highest BCUT2D eigenvalue weighted by Gasteiger charge is 2.32. The predicted molar refractivity (Wildman–Crippen MR) is 88.2 cm³/mol. The number of carbonyl (C=O) groups excluding carboxylic acids is 1. The third-order valence-electron chi connectivity index (χ3n) is 4.22. The molecule has 21 heavy (non-hydrogen) atoms. The minimum atomic E-state index is -0.0924. The molecule has 0 bridgehead atoms. The van der Waals surface area contributed by atoms with Crippen molar-refractivity contribution in [3.63, 3.8) is 0 Å². The molecule has 3 nitrogen and oxygen atoms in total. The lowest BCUT2D eigenvalue weighted by molar-refractivity contribution is -0.925. The number of hydrogen-bond acceptors (Lipinski definition) is 1. The summed E-state index contributed by atoms with van der Waals surface area (Å²) in [6.45, 7) is 8.58. The van der Waals surface area contributed by atoms with Gasteiger partial charge in [-0.2, -0.15) is 0 Å². The lowest BCUT2D eigenvalue weighted by Gasteiger charge is -2.35. The van der Waals surface area contributed by atoms with E-state index in [1.165, 1.54) is 11.3 Å². The van der Waals surface area contributed by atoms with E-state index in [1.54, 1.807) is 18.2 Å². The molecular formula is C16H23Cl2N2O+. The maximum absolute atomic E-state index is 12.5. The Labute approximate surface area is 136 Å². The van der Waals surface area contributed by atoms with Crippen molar-refractivity contribution in [2.75, 3.05) is 18.4 Å². The molecule has 1 saturated heterocycles. The number of rotatable bonds is 3. The van der Waals surface area contributed by atoms with Gasteiger partial charge in [0.05, 0.1) is 23.8 Å². The van der Waals surface area contributed by atoms with Crippen molar-refractivity contribution in [3.05, 3.63) is 28.2 Å². The molecular weight excluding hydrogens is 307 g/mol. The van der Waals surface area contributed by atoms with Crippen LogP contribution < -0.4 is 10.2 Å². The highest BCUT2D eigenvalue weighted by molar-refractivity contribution is 6.35. The van der Waals surface area contributed by atoms with Gasteiger partial charge in [-0.3, -0.25) is 4.79 Å². The van der Waals surface area contributed by atoms with Gasteiger partial charge in [-0.1, -0.05) is 37.0 Å². The van der Waals surface area contributed by atoms with Gasteiger partial charge in [0, 0.05) is 16.9 Å². The summed E-state index contributed by atoms with van der Waals surface area (Å²) < 4.78 is 0. The molecule has 0 aromatic heterocycles. The van der Waals surface area contributed by atoms with Crippen LogP contribution in [0, 0.1) is 11.8 Å². The third kappa shape index (κ3) is 4.35. The molecule has 116 valence electrons. The van der Waals surface area contributed by atoms with Crippen molar-refractivity contribution in [3.8, 4) is 0 Å². The zero-order chi connectivity index (χ0) is 15.6. The zero-order valence-corrected chi connectivity index (χ0v) is 14.3. The second-order valence-electron chi connectivity index (χ2n) is 6.35. The molecule has 2 N–H and O–H groups in total. The van der Waals surface area contributed by atoms with Crippen molar-refractivity contribution in [2.24, 2.45) is 11.8 Å². The Bertz CT molecular complexity index is 511. The topological polar surface area (TPSA) is 33.5 Å². The number of piperidine rings is 1. The zero-order valence-electron chi connectivity index (χ0n) is 12.7. The normalized spacial score (nSPS) is 27.2. The van der Waals surface area contributed by atoms with Crippen LogP contribution >= 0.6 is 23.2 Å². The summed E-state index contributed by atoms with van der Waals surface area (Å²) in [7, 11) is 0. The first kappa shape index (κ1) is 16.6. The molecule has 0 spiro atoms. The van der Waals surface area contributed by atoms with Crippen LogP contribution in [0.3, 0.4) is 0 Å². The van der Waals surface area contributed by atoms with E-state index in [0.29, 0.717) is 27.6 Å². The first-order valence-electron chi connectivity index (χ1n) is 7.47. The van der Waals surface area contributed by atoms with E-state index in [2.05, 4.69) is 19.2 Å². The van der Waals surface area contributed by atoms with Crippen LogP contribution in [0.2, 0.25) is 10.0 Å². The van der Waals surface area contributed by atoms with E-state index >= 15 is 0 Å². The summed E-state index contributed by atoms with van der Waals surface area (Å²) in [4.78, 5) is 13.8. The number of likely N-dealkylation sites (tertiary alicyclic amines) is 1. The molecule has 1 aromatic rings. The monoisotopic (exact) mass is 329 g/mol. The van der Waals surface area contributed by atoms with Crippen molar-refractivity contribution in [2.45, 2.75) is 33.2 Å². The van der Waals surface area contributed by atoms with E-state index in [0.717, 1.165) is 13.1 Å². The van der Waals surface area contributed by atoms with Gasteiger partial charge in [0.1, 0.15) is 0 Å². The van der Waals surface area contributed by atoms with Gasteiger partial charge in [-0.25, -0.2) is 0 Å².